The molecule has 1 aromatic heterocycles. The number of pyridine rings is 1. The Bertz CT molecular complexity index is 662. The standard InChI is InChI=1S/C14H10F3NO3.Li.H/c15-14(16,17)21-12-3-1-2-9(7-12)10-4-5-18-11(6-10)8-13(19)20;;/h1-7H,8H2,(H,19,20);;. The summed E-state index contributed by atoms with van der Waals surface area (Å²) in [7, 11) is 0. The van der Waals surface area contributed by atoms with Crippen LogP contribution in [0.1, 0.15) is 5.69 Å². The van der Waals surface area contributed by atoms with Crippen molar-refractivity contribution in [1.82, 2.24) is 4.98 Å². The Morgan fingerprint density at radius 2 is 1.86 bits per heavy atom. The average molecular weight is 305 g/mol. The molecule has 0 fully saturated rings. The van der Waals surface area contributed by atoms with E-state index >= 15 is 0 Å². The van der Waals surface area contributed by atoms with E-state index in [1.165, 1.54) is 30.5 Å². The number of benzene rings is 1. The van der Waals surface area contributed by atoms with Crippen molar-refractivity contribution in [3.05, 3.63) is 48.3 Å². The van der Waals surface area contributed by atoms with E-state index in [-0.39, 0.29) is 31.0 Å². The quantitative estimate of drug-likeness (QED) is 0.882. The zero-order chi connectivity index (χ0) is 15.5. The summed E-state index contributed by atoms with van der Waals surface area (Å²) < 4.78 is 40.4. The van der Waals surface area contributed by atoms with Crippen LogP contribution >= 0.6 is 0 Å². The van der Waals surface area contributed by atoms with Crippen LogP contribution in [-0.2, 0) is 11.2 Å². The summed E-state index contributed by atoms with van der Waals surface area (Å²) in [4.78, 5) is 14.5. The van der Waals surface area contributed by atoms with E-state index in [9.17, 15) is 18.0 Å². The van der Waals surface area contributed by atoms with Crippen LogP contribution in [0.3, 0.4) is 0 Å². The van der Waals surface area contributed by atoms with Crippen LogP contribution in [0.5, 0.6) is 5.75 Å². The molecular formula is C14H11F3LiNO3. The molecule has 1 aromatic carbocycles. The van der Waals surface area contributed by atoms with Crippen molar-refractivity contribution < 1.29 is 27.8 Å². The van der Waals surface area contributed by atoms with Gasteiger partial charge >= 0.3 is 31.2 Å². The molecule has 0 unspecified atom stereocenters. The normalized spacial score (nSPS) is 10.7. The van der Waals surface area contributed by atoms with Crippen LogP contribution in [0.4, 0.5) is 13.2 Å². The van der Waals surface area contributed by atoms with Gasteiger partial charge in [0.25, 0.3) is 0 Å². The fourth-order valence-electron chi connectivity index (χ4n) is 1.78. The van der Waals surface area contributed by atoms with E-state index < -0.39 is 12.3 Å². The number of aliphatic carboxylic acids is 1. The molecule has 0 bridgehead atoms. The molecular weight excluding hydrogens is 294 g/mol. The first-order chi connectivity index (χ1) is 9.83. The second-order valence-electron chi connectivity index (χ2n) is 4.18. The number of nitrogens with zero attached hydrogens (tertiary/aromatic N) is 1. The van der Waals surface area contributed by atoms with Gasteiger partial charge in [0.05, 0.1) is 12.1 Å². The first kappa shape index (κ1) is 18.1. The number of rotatable bonds is 4. The summed E-state index contributed by atoms with van der Waals surface area (Å²) in [5.74, 6) is -1.37. The van der Waals surface area contributed by atoms with Gasteiger partial charge in [-0.1, -0.05) is 12.1 Å². The molecule has 2 rings (SSSR count). The third kappa shape index (κ3) is 5.43. The van der Waals surface area contributed by atoms with Gasteiger partial charge in [-0.2, -0.15) is 0 Å². The SMILES string of the molecule is O=C(O)Cc1cc(-c2cccc(OC(F)(F)F)c2)ccn1.[LiH]. The van der Waals surface area contributed by atoms with Crippen LogP contribution in [0.15, 0.2) is 42.6 Å². The number of alkyl halides is 3. The van der Waals surface area contributed by atoms with E-state index in [0.29, 0.717) is 16.8 Å². The summed E-state index contributed by atoms with van der Waals surface area (Å²) >= 11 is 0. The number of aromatic nitrogens is 1. The molecule has 0 aliphatic rings. The Balaban J connectivity index is 0.00000242. The molecule has 0 aliphatic heterocycles. The zero-order valence-corrected chi connectivity index (χ0v) is 10.6. The molecule has 0 aliphatic carbocycles. The fraction of sp³-hybridized carbons (Fsp3) is 0.143. The number of hydrogen-bond donors (Lipinski definition) is 1. The predicted molar refractivity (Wildman–Crippen MR) is 74.8 cm³/mol. The van der Waals surface area contributed by atoms with E-state index in [2.05, 4.69) is 9.72 Å². The van der Waals surface area contributed by atoms with Crippen LogP contribution in [0, 0.1) is 0 Å². The molecule has 22 heavy (non-hydrogen) atoms. The van der Waals surface area contributed by atoms with E-state index in [1.807, 2.05) is 0 Å². The summed E-state index contributed by atoms with van der Waals surface area (Å²) in [6.07, 6.45) is -3.61. The molecule has 8 heteroatoms. The number of ether oxygens (including phenoxy) is 1. The van der Waals surface area contributed by atoms with E-state index in [4.69, 9.17) is 5.11 Å². The summed E-state index contributed by atoms with van der Waals surface area (Å²) in [5.41, 5.74) is 1.36. The fourth-order valence-corrected chi connectivity index (χ4v) is 1.78. The van der Waals surface area contributed by atoms with Crippen LogP contribution in [0.2, 0.25) is 0 Å². The van der Waals surface area contributed by atoms with Crippen molar-refractivity contribution in [2.45, 2.75) is 12.8 Å². The maximum absolute atomic E-state index is 12.2. The van der Waals surface area contributed by atoms with Crippen molar-refractivity contribution >= 4 is 24.8 Å². The number of carboxylic acid groups (broad SMARTS) is 1. The third-order valence-electron chi connectivity index (χ3n) is 2.55. The Hall–Kier alpha value is -1.97. The molecule has 0 atom stereocenters. The molecule has 2 aromatic rings. The number of carbonyl (C=O) groups is 1. The molecule has 0 radical (unpaired) electrons. The first-order valence-corrected chi connectivity index (χ1v) is 5.86. The Morgan fingerprint density at radius 3 is 2.50 bits per heavy atom. The molecule has 1 N–H and O–H groups in total. The molecule has 1 heterocycles. The van der Waals surface area contributed by atoms with Gasteiger partial charge in [-0.15, -0.1) is 13.2 Å². The summed E-state index contributed by atoms with van der Waals surface area (Å²) in [6.45, 7) is 0. The number of carboxylic acids is 1. The Labute approximate surface area is 136 Å². The molecule has 0 spiro atoms. The number of halogens is 3. The third-order valence-corrected chi connectivity index (χ3v) is 2.55. The van der Waals surface area contributed by atoms with E-state index in [0.717, 1.165) is 0 Å². The van der Waals surface area contributed by atoms with Crippen molar-refractivity contribution in [3.8, 4) is 16.9 Å². The van der Waals surface area contributed by atoms with Crippen LogP contribution in [-0.4, -0.2) is 41.3 Å². The summed E-state index contributed by atoms with van der Waals surface area (Å²) in [5, 5.41) is 8.72. The van der Waals surface area contributed by atoms with E-state index in [1.54, 1.807) is 12.1 Å². The van der Waals surface area contributed by atoms with Crippen molar-refractivity contribution in [1.29, 1.82) is 0 Å². The van der Waals surface area contributed by atoms with Gasteiger partial charge in [-0.3, -0.25) is 9.78 Å². The van der Waals surface area contributed by atoms with Crippen LogP contribution < -0.4 is 4.74 Å². The van der Waals surface area contributed by atoms with Crippen molar-refractivity contribution in [2.24, 2.45) is 0 Å². The van der Waals surface area contributed by atoms with Crippen LogP contribution in [0.25, 0.3) is 11.1 Å². The summed E-state index contributed by atoms with van der Waals surface area (Å²) in [6, 6.07) is 8.54. The first-order valence-electron chi connectivity index (χ1n) is 5.86. The Morgan fingerprint density at radius 1 is 1.18 bits per heavy atom. The molecule has 0 saturated carbocycles. The minimum absolute atomic E-state index is 0. The second kappa shape index (κ2) is 7.34. The molecule has 112 valence electrons. The van der Waals surface area contributed by atoms with Crippen molar-refractivity contribution in [2.75, 3.05) is 0 Å². The van der Waals surface area contributed by atoms with Gasteiger partial charge in [-0.05, 0) is 35.4 Å². The molecule has 0 saturated heterocycles. The minimum atomic E-state index is -4.76. The van der Waals surface area contributed by atoms with Gasteiger partial charge in [0.1, 0.15) is 5.75 Å². The molecule has 0 amide bonds. The van der Waals surface area contributed by atoms with Gasteiger partial charge in [0, 0.05) is 6.20 Å². The van der Waals surface area contributed by atoms with Gasteiger partial charge in [0.2, 0.25) is 0 Å². The second-order valence-corrected chi connectivity index (χ2v) is 4.18. The molecule has 4 nitrogen and oxygen atoms in total. The van der Waals surface area contributed by atoms with Gasteiger partial charge in [0.15, 0.2) is 0 Å². The predicted octanol–water partition coefficient (Wildman–Crippen LogP) is 2.63. The topological polar surface area (TPSA) is 59.4 Å². The Kier molecular flexibility index (Phi) is 6.03. The van der Waals surface area contributed by atoms with Gasteiger partial charge < -0.3 is 9.84 Å². The zero-order valence-electron chi connectivity index (χ0n) is 10.6. The monoisotopic (exact) mass is 305 g/mol. The van der Waals surface area contributed by atoms with Crippen molar-refractivity contribution in [3.63, 3.8) is 0 Å². The average Bonchev–Trinajstić information content (AvgIpc) is 2.36. The van der Waals surface area contributed by atoms with Gasteiger partial charge in [-0.25, -0.2) is 0 Å². The maximum atomic E-state index is 12.2. The number of hydrogen-bond acceptors (Lipinski definition) is 3.